The minimum Gasteiger partial charge on any atom is -0.323 e. The Balaban J connectivity index is 2.11. The van der Waals surface area contributed by atoms with Gasteiger partial charge in [0.25, 0.3) is 0 Å². The zero-order valence-electron chi connectivity index (χ0n) is 9.56. The molecule has 0 aromatic carbocycles. The Hall–Kier alpha value is -0.710. The maximum atomic E-state index is 6.23. The van der Waals surface area contributed by atoms with Crippen LogP contribution in [0.25, 0.3) is 0 Å². The van der Waals surface area contributed by atoms with Crippen LogP contribution in [0.4, 0.5) is 0 Å². The van der Waals surface area contributed by atoms with Crippen molar-refractivity contribution in [3.63, 3.8) is 0 Å². The number of aryl methyl sites for hydroxylation is 2. The van der Waals surface area contributed by atoms with Crippen LogP contribution in [0.5, 0.6) is 0 Å². The van der Waals surface area contributed by atoms with E-state index in [1.807, 2.05) is 6.92 Å². The van der Waals surface area contributed by atoms with Gasteiger partial charge in [-0.25, -0.2) is 4.98 Å². The molecule has 2 N–H and O–H groups in total. The molecule has 4 heteroatoms. The molecule has 1 atom stereocenters. The summed E-state index contributed by atoms with van der Waals surface area (Å²) in [6, 6.07) is 2.27. The van der Waals surface area contributed by atoms with Crippen molar-refractivity contribution >= 4 is 22.7 Å². The van der Waals surface area contributed by atoms with Crippen LogP contribution in [0.2, 0.25) is 0 Å². The number of hydrogen-bond acceptors (Lipinski definition) is 4. The Morgan fingerprint density at radius 1 is 1.44 bits per heavy atom. The van der Waals surface area contributed by atoms with E-state index in [1.54, 1.807) is 22.7 Å². The smallest absolute Gasteiger partial charge is 0.0897 e. The molecule has 0 saturated carbocycles. The topological polar surface area (TPSA) is 38.9 Å². The molecule has 2 aromatic heterocycles. The van der Waals surface area contributed by atoms with Crippen molar-refractivity contribution in [3.8, 4) is 0 Å². The highest BCUT2D eigenvalue weighted by atomic mass is 32.1. The highest BCUT2D eigenvalue weighted by Gasteiger charge is 2.13. The maximum absolute atomic E-state index is 6.23. The molecule has 0 fully saturated rings. The Morgan fingerprint density at radius 3 is 2.88 bits per heavy atom. The molecule has 0 spiro atoms. The van der Waals surface area contributed by atoms with Crippen molar-refractivity contribution in [1.29, 1.82) is 0 Å². The SMILES string of the molecule is CCc1ccsc1C(N)Cc1csc(C)n1. The lowest BCUT2D eigenvalue weighted by Crippen LogP contribution is -2.13. The van der Waals surface area contributed by atoms with Gasteiger partial charge in [0.05, 0.1) is 10.7 Å². The molecule has 0 bridgehead atoms. The third-order valence-electron chi connectivity index (χ3n) is 2.59. The fourth-order valence-electron chi connectivity index (χ4n) is 1.78. The number of thiazole rings is 1. The molecular weight excluding hydrogens is 236 g/mol. The highest BCUT2D eigenvalue weighted by Crippen LogP contribution is 2.26. The monoisotopic (exact) mass is 252 g/mol. The van der Waals surface area contributed by atoms with E-state index >= 15 is 0 Å². The van der Waals surface area contributed by atoms with Crippen molar-refractivity contribution in [3.05, 3.63) is 38.0 Å². The van der Waals surface area contributed by atoms with Gasteiger partial charge in [-0.15, -0.1) is 22.7 Å². The van der Waals surface area contributed by atoms with Gasteiger partial charge in [0, 0.05) is 22.7 Å². The summed E-state index contributed by atoms with van der Waals surface area (Å²) in [5, 5.41) is 5.35. The van der Waals surface area contributed by atoms with E-state index in [0.29, 0.717) is 0 Å². The van der Waals surface area contributed by atoms with Gasteiger partial charge in [0.15, 0.2) is 0 Å². The third kappa shape index (κ3) is 2.51. The lowest BCUT2D eigenvalue weighted by atomic mass is 10.1. The molecule has 0 radical (unpaired) electrons. The van der Waals surface area contributed by atoms with Crippen molar-refractivity contribution in [2.45, 2.75) is 32.7 Å². The first-order valence-corrected chi connectivity index (χ1v) is 7.19. The molecule has 16 heavy (non-hydrogen) atoms. The summed E-state index contributed by atoms with van der Waals surface area (Å²) in [5.74, 6) is 0. The normalized spacial score (nSPS) is 12.9. The first-order chi connectivity index (χ1) is 7.70. The predicted octanol–water partition coefficient (Wildman–Crippen LogP) is 3.32. The van der Waals surface area contributed by atoms with Crippen LogP contribution in [-0.2, 0) is 12.8 Å². The number of nitrogens with zero attached hydrogens (tertiary/aromatic N) is 1. The zero-order valence-corrected chi connectivity index (χ0v) is 11.2. The van der Waals surface area contributed by atoms with Gasteiger partial charge in [0.2, 0.25) is 0 Å². The first kappa shape index (κ1) is 11.8. The van der Waals surface area contributed by atoms with Crippen molar-refractivity contribution < 1.29 is 0 Å². The minimum absolute atomic E-state index is 0.0939. The standard InChI is InChI=1S/C12H16N2S2/c1-3-9-4-5-15-12(9)11(13)6-10-7-16-8(2)14-10/h4-5,7,11H,3,6,13H2,1-2H3. The zero-order chi connectivity index (χ0) is 11.5. The largest absolute Gasteiger partial charge is 0.323 e. The summed E-state index contributed by atoms with van der Waals surface area (Å²) in [4.78, 5) is 5.77. The Kier molecular flexibility index (Phi) is 3.74. The molecule has 2 heterocycles. The van der Waals surface area contributed by atoms with E-state index in [9.17, 15) is 0 Å². The van der Waals surface area contributed by atoms with Gasteiger partial charge in [-0.3, -0.25) is 0 Å². The van der Waals surface area contributed by atoms with E-state index < -0.39 is 0 Å². The van der Waals surface area contributed by atoms with Crippen molar-refractivity contribution in [2.75, 3.05) is 0 Å². The number of thiophene rings is 1. The number of nitrogens with two attached hydrogens (primary N) is 1. The van der Waals surface area contributed by atoms with Crippen LogP contribution in [0.15, 0.2) is 16.8 Å². The average molecular weight is 252 g/mol. The van der Waals surface area contributed by atoms with Gasteiger partial charge in [0.1, 0.15) is 0 Å². The number of hydrogen-bond donors (Lipinski definition) is 1. The van der Waals surface area contributed by atoms with Crippen LogP contribution in [0.1, 0.15) is 34.1 Å². The first-order valence-electron chi connectivity index (χ1n) is 5.43. The fourth-order valence-corrected chi connectivity index (χ4v) is 3.41. The van der Waals surface area contributed by atoms with Gasteiger partial charge in [-0.1, -0.05) is 6.92 Å². The van der Waals surface area contributed by atoms with Gasteiger partial charge >= 0.3 is 0 Å². The molecule has 2 nitrogen and oxygen atoms in total. The van der Waals surface area contributed by atoms with E-state index in [-0.39, 0.29) is 6.04 Å². The van der Waals surface area contributed by atoms with E-state index in [4.69, 9.17) is 5.73 Å². The second kappa shape index (κ2) is 5.08. The quantitative estimate of drug-likeness (QED) is 0.906. The summed E-state index contributed by atoms with van der Waals surface area (Å²) >= 11 is 3.45. The Labute approximate surface area is 104 Å². The summed E-state index contributed by atoms with van der Waals surface area (Å²) in [5.41, 5.74) is 8.73. The van der Waals surface area contributed by atoms with Crippen molar-refractivity contribution in [1.82, 2.24) is 4.98 Å². The van der Waals surface area contributed by atoms with Crippen LogP contribution in [0, 0.1) is 6.92 Å². The summed E-state index contributed by atoms with van der Waals surface area (Å²) in [6.07, 6.45) is 1.90. The molecule has 2 aromatic rings. The lowest BCUT2D eigenvalue weighted by molar-refractivity contribution is 0.715. The fraction of sp³-hybridized carbons (Fsp3) is 0.417. The van der Waals surface area contributed by atoms with E-state index in [2.05, 4.69) is 28.7 Å². The summed E-state index contributed by atoms with van der Waals surface area (Å²) in [6.45, 7) is 4.20. The second-order valence-corrected chi connectivity index (χ2v) is 5.84. The van der Waals surface area contributed by atoms with Crippen molar-refractivity contribution in [2.24, 2.45) is 5.73 Å². The van der Waals surface area contributed by atoms with E-state index in [0.717, 1.165) is 23.5 Å². The Morgan fingerprint density at radius 2 is 2.25 bits per heavy atom. The second-order valence-electron chi connectivity index (χ2n) is 3.83. The van der Waals surface area contributed by atoms with Crippen LogP contribution in [-0.4, -0.2) is 4.98 Å². The predicted molar refractivity (Wildman–Crippen MR) is 71.2 cm³/mol. The molecule has 0 aliphatic rings. The highest BCUT2D eigenvalue weighted by molar-refractivity contribution is 7.10. The summed E-state index contributed by atoms with van der Waals surface area (Å²) < 4.78 is 0. The third-order valence-corrected chi connectivity index (χ3v) is 4.51. The molecule has 0 aliphatic heterocycles. The molecule has 0 saturated heterocycles. The van der Waals surface area contributed by atoms with Gasteiger partial charge < -0.3 is 5.73 Å². The molecule has 1 unspecified atom stereocenters. The van der Waals surface area contributed by atoms with Crippen LogP contribution >= 0.6 is 22.7 Å². The molecule has 0 aliphatic carbocycles. The molecule has 86 valence electrons. The van der Waals surface area contributed by atoms with Gasteiger partial charge in [-0.05, 0) is 30.4 Å². The molecule has 0 amide bonds. The number of aromatic nitrogens is 1. The minimum atomic E-state index is 0.0939. The summed E-state index contributed by atoms with van der Waals surface area (Å²) in [7, 11) is 0. The lowest BCUT2D eigenvalue weighted by Gasteiger charge is -2.10. The maximum Gasteiger partial charge on any atom is 0.0897 e. The van der Waals surface area contributed by atoms with Gasteiger partial charge in [-0.2, -0.15) is 0 Å². The molecule has 2 rings (SSSR count). The van der Waals surface area contributed by atoms with Crippen LogP contribution in [0.3, 0.4) is 0 Å². The average Bonchev–Trinajstić information content (AvgIpc) is 2.86. The number of rotatable bonds is 4. The van der Waals surface area contributed by atoms with Crippen LogP contribution < -0.4 is 5.73 Å². The Bertz CT molecular complexity index is 459. The van der Waals surface area contributed by atoms with E-state index in [1.165, 1.54) is 10.4 Å². The molecular formula is C12H16N2S2.